The summed E-state index contributed by atoms with van der Waals surface area (Å²) in [5, 5.41) is 22.7. The van der Waals surface area contributed by atoms with Crippen molar-refractivity contribution in [3.05, 3.63) is 66.6 Å². The first-order valence-electron chi connectivity index (χ1n) is 12.8. The Morgan fingerprint density at radius 3 is 2.54 bits per heavy atom. The van der Waals surface area contributed by atoms with Crippen LogP contribution in [0.4, 0.5) is 4.79 Å². The molecule has 1 aliphatic heterocycles. The molecule has 0 saturated carbocycles. The fraction of sp³-hybridized carbons (Fsp3) is 0.357. The second-order valence-electron chi connectivity index (χ2n) is 9.69. The van der Waals surface area contributed by atoms with Crippen molar-refractivity contribution in [2.45, 2.75) is 37.3 Å². The Hall–Kier alpha value is -4.25. The van der Waals surface area contributed by atoms with Gasteiger partial charge in [-0.1, -0.05) is 26.0 Å². The Kier molecular flexibility index (Phi) is 9.72. The molecule has 0 bridgehead atoms. The lowest BCUT2D eigenvalue weighted by molar-refractivity contribution is 0.0991. The Morgan fingerprint density at radius 2 is 1.85 bits per heavy atom. The number of amides is 1. The van der Waals surface area contributed by atoms with Gasteiger partial charge in [0, 0.05) is 25.2 Å². The molecule has 0 spiro atoms. The Balaban J connectivity index is 1.56. The van der Waals surface area contributed by atoms with E-state index < -0.39 is 28.3 Å². The number of fused-ring (bicyclic) bond motifs is 1. The third-order valence-corrected chi connectivity index (χ3v) is 7.92. The van der Waals surface area contributed by atoms with Gasteiger partial charge in [0.1, 0.15) is 18.1 Å². The first-order valence-corrected chi connectivity index (χ1v) is 14.3. The van der Waals surface area contributed by atoms with Crippen LogP contribution >= 0.6 is 0 Å². The summed E-state index contributed by atoms with van der Waals surface area (Å²) >= 11 is 0. The third kappa shape index (κ3) is 7.91. The van der Waals surface area contributed by atoms with Crippen molar-refractivity contribution in [2.75, 3.05) is 26.5 Å². The number of hydrogen-bond donors (Lipinski definition) is 2. The van der Waals surface area contributed by atoms with Crippen molar-refractivity contribution in [3.63, 3.8) is 0 Å². The molecule has 13 heteroatoms. The van der Waals surface area contributed by atoms with Crippen LogP contribution in [0.3, 0.4) is 0 Å². The van der Waals surface area contributed by atoms with Gasteiger partial charge in [0.05, 0.1) is 23.3 Å². The fourth-order valence-corrected chi connectivity index (χ4v) is 5.81. The summed E-state index contributed by atoms with van der Waals surface area (Å²) in [7, 11) is -4.06. The minimum Gasteiger partial charge on any atom is -0.479 e. The van der Waals surface area contributed by atoms with Gasteiger partial charge in [-0.05, 0) is 42.2 Å². The molecule has 1 aliphatic rings. The van der Waals surface area contributed by atoms with Crippen molar-refractivity contribution >= 4 is 16.1 Å². The molecule has 0 radical (unpaired) electrons. The van der Waals surface area contributed by atoms with E-state index in [0.29, 0.717) is 17.2 Å². The van der Waals surface area contributed by atoms with Crippen molar-refractivity contribution in [1.29, 1.82) is 5.26 Å². The van der Waals surface area contributed by atoms with E-state index in [1.165, 1.54) is 41.1 Å². The van der Waals surface area contributed by atoms with Crippen LogP contribution in [0.1, 0.15) is 19.4 Å². The zero-order chi connectivity index (χ0) is 29.4. The minimum absolute atomic E-state index is 0.000945. The van der Waals surface area contributed by atoms with E-state index in [0.717, 1.165) is 5.56 Å². The first-order chi connectivity index (χ1) is 19.7. The van der Waals surface area contributed by atoms with Crippen LogP contribution in [0.15, 0.2) is 70.4 Å². The van der Waals surface area contributed by atoms with Crippen molar-refractivity contribution in [2.24, 2.45) is 5.92 Å². The quantitative estimate of drug-likeness (QED) is 0.304. The number of benzene rings is 2. The molecule has 0 saturated heterocycles. The number of carbonyl (C=O) groups excluding carboxylic acids is 1. The highest BCUT2D eigenvalue weighted by atomic mass is 32.2. The lowest BCUT2D eigenvalue weighted by Gasteiger charge is -2.30. The Morgan fingerprint density at radius 1 is 1.10 bits per heavy atom. The number of furan rings is 1. The summed E-state index contributed by atoms with van der Waals surface area (Å²) in [5.74, 6) is 1.35. The van der Waals surface area contributed by atoms with Gasteiger partial charge < -0.3 is 33.8 Å². The van der Waals surface area contributed by atoms with Gasteiger partial charge in [0.15, 0.2) is 23.9 Å². The molecular formula is C28H31N3O9S. The molecule has 1 aromatic heterocycles. The number of rotatable bonds is 13. The van der Waals surface area contributed by atoms with Gasteiger partial charge in [-0.3, -0.25) is 0 Å². The number of hydrogen-bond acceptors (Lipinski definition) is 10. The maximum atomic E-state index is 13.7. The number of carbonyl (C=O) groups is 1. The van der Waals surface area contributed by atoms with Gasteiger partial charge >= 0.3 is 6.09 Å². The van der Waals surface area contributed by atoms with Gasteiger partial charge in [-0.25, -0.2) is 13.2 Å². The zero-order valence-electron chi connectivity index (χ0n) is 22.6. The van der Waals surface area contributed by atoms with Crippen molar-refractivity contribution in [1.82, 2.24) is 9.62 Å². The number of nitriles is 1. The number of nitrogens with one attached hydrogen (secondary N) is 1. The average Bonchev–Trinajstić information content (AvgIpc) is 3.63. The molecule has 3 aromatic rings. The zero-order valence-corrected chi connectivity index (χ0v) is 23.4. The lowest BCUT2D eigenvalue weighted by Crippen LogP contribution is -2.51. The Labute approximate surface area is 238 Å². The monoisotopic (exact) mass is 585 g/mol. The van der Waals surface area contributed by atoms with Gasteiger partial charge in [0.2, 0.25) is 16.8 Å². The summed E-state index contributed by atoms with van der Waals surface area (Å²) in [6, 6.07) is 13.5. The van der Waals surface area contributed by atoms with Crippen LogP contribution in [0.25, 0.3) is 0 Å². The number of ether oxygens (including phenoxy) is 4. The molecule has 4 rings (SSSR count). The van der Waals surface area contributed by atoms with E-state index in [9.17, 15) is 18.3 Å². The molecule has 218 valence electrons. The second kappa shape index (κ2) is 13.4. The summed E-state index contributed by atoms with van der Waals surface area (Å²) in [4.78, 5) is 12.7. The molecule has 0 unspecified atom stereocenters. The molecule has 2 heterocycles. The highest BCUT2D eigenvalue weighted by molar-refractivity contribution is 7.89. The predicted octanol–water partition coefficient (Wildman–Crippen LogP) is 3.32. The van der Waals surface area contributed by atoms with Crippen LogP contribution in [0.5, 0.6) is 23.0 Å². The van der Waals surface area contributed by atoms with E-state index in [1.54, 1.807) is 24.3 Å². The fourth-order valence-electron chi connectivity index (χ4n) is 4.17. The predicted molar refractivity (Wildman–Crippen MR) is 145 cm³/mol. The van der Waals surface area contributed by atoms with E-state index >= 15 is 0 Å². The summed E-state index contributed by atoms with van der Waals surface area (Å²) in [6.45, 7) is 3.43. The normalized spacial score (nSPS) is 14.0. The van der Waals surface area contributed by atoms with Crippen LogP contribution in [-0.4, -0.2) is 62.6 Å². The molecule has 41 heavy (non-hydrogen) atoms. The maximum absolute atomic E-state index is 13.7. The molecule has 12 nitrogen and oxygen atoms in total. The Bertz CT molecular complexity index is 1450. The molecule has 1 amide bonds. The maximum Gasteiger partial charge on any atom is 0.413 e. The summed E-state index contributed by atoms with van der Waals surface area (Å²) in [5.41, 5.74) is 0.719. The third-order valence-electron chi connectivity index (χ3n) is 6.10. The smallest absolute Gasteiger partial charge is 0.413 e. The van der Waals surface area contributed by atoms with Crippen LogP contribution < -0.4 is 24.3 Å². The molecule has 2 N–H and O–H groups in total. The number of aliphatic hydroxyl groups is 1. The topological polar surface area (TPSA) is 161 Å². The molecule has 2 atom stereocenters. The molecular weight excluding hydrogens is 554 g/mol. The van der Waals surface area contributed by atoms with Gasteiger partial charge in [-0.15, -0.1) is 0 Å². The summed E-state index contributed by atoms with van der Waals surface area (Å²) in [6.07, 6.45) is 0.547. The van der Waals surface area contributed by atoms with Crippen LogP contribution in [0.2, 0.25) is 0 Å². The standard InChI is InChI=1S/C28H31N3O9S/c1-19(2)15-31(41(34,35)23-7-8-26-27(14-23)39-18-38-26)16-25(32)24(30-28(33)40-22-9-11-36-17-22)13-20-3-5-21(6-4-20)37-12-10-29/h3-9,11,14,17,19,24-25,32H,12-13,15-16,18H2,1-2H3,(H,30,33)/t24-,25+/m0/s1. The van der Waals surface area contributed by atoms with E-state index in [4.69, 9.17) is 28.6 Å². The van der Waals surface area contributed by atoms with Crippen molar-refractivity contribution in [3.8, 4) is 29.1 Å². The highest BCUT2D eigenvalue weighted by Gasteiger charge is 2.32. The van der Waals surface area contributed by atoms with Crippen LogP contribution in [-0.2, 0) is 16.4 Å². The van der Waals surface area contributed by atoms with Crippen molar-refractivity contribution < 1.29 is 41.7 Å². The molecule has 0 fully saturated rings. The number of nitrogens with zero attached hydrogens (tertiary/aromatic N) is 2. The van der Waals surface area contributed by atoms with Gasteiger partial charge in [0.25, 0.3) is 0 Å². The number of aliphatic hydroxyl groups excluding tert-OH is 1. The van der Waals surface area contributed by atoms with E-state index in [-0.39, 0.29) is 49.5 Å². The summed E-state index contributed by atoms with van der Waals surface area (Å²) < 4.78 is 54.7. The highest BCUT2D eigenvalue weighted by Crippen LogP contribution is 2.35. The average molecular weight is 586 g/mol. The van der Waals surface area contributed by atoms with E-state index in [2.05, 4.69) is 5.32 Å². The molecule has 0 aliphatic carbocycles. The first kappa shape index (κ1) is 29.7. The minimum atomic E-state index is -4.06. The van der Waals surface area contributed by atoms with Crippen LogP contribution in [0, 0.1) is 17.2 Å². The number of sulfonamides is 1. The SMILES string of the molecule is CC(C)CN(C[C@@H](O)[C@H](Cc1ccc(OCC#N)cc1)NC(=O)Oc1ccoc1)S(=O)(=O)c1ccc2c(c1)OCO2. The van der Waals surface area contributed by atoms with Gasteiger partial charge in [-0.2, -0.15) is 9.57 Å². The lowest BCUT2D eigenvalue weighted by atomic mass is 10.0. The van der Waals surface area contributed by atoms with E-state index in [1.807, 2.05) is 19.9 Å². The largest absolute Gasteiger partial charge is 0.479 e. The molecule has 2 aromatic carbocycles. The second-order valence-corrected chi connectivity index (χ2v) is 11.6.